The third kappa shape index (κ3) is 5.91. The van der Waals surface area contributed by atoms with E-state index in [1.807, 2.05) is 17.6 Å². The predicted octanol–water partition coefficient (Wildman–Crippen LogP) is 2.36. The number of hydroxylamine groups is 1. The fourth-order valence-electron chi connectivity index (χ4n) is 1.77. The first kappa shape index (κ1) is 19.5. The van der Waals surface area contributed by atoms with Crippen LogP contribution in [0.25, 0.3) is 0 Å². The van der Waals surface area contributed by atoms with Gasteiger partial charge in [-0.1, -0.05) is 22.0 Å². The summed E-state index contributed by atoms with van der Waals surface area (Å²) in [5.41, 5.74) is 2.78. The van der Waals surface area contributed by atoms with Gasteiger partial charge in [-0.15, -0.1) is 0 Å². The van der Waals surface area contributed by atoms with Crippen molar-refractivity contribution in [3.63, 3.8) is 0 Å². The molecule has 4 N–H and O–H groups in total. The summed E-state index contributed by atoms with van der Waals surface area (Å²) < 4.78 is 22.1. The Labute approximate surface area is 152 Å². The molecule has 0 amide bonds. The SMILES string of the molecule is COP(C)(=O)NCCNc1nonc1C(=Nc1cccc(Br)c1)NO. The minimum absolute atomic E-state index is 0.0628. The molecule has 0 aliphatic heterocycles. The standard InChI is InChI=1S/C13H18BrN6O4P/c1-23-25(2,22)16-7-6-15-12-11(19-24-20-12)13(18-21)17-10-5-3-4-9(14)8-10/h3-5,8,21H,6-7H2,1-2H3,(H,15,20)(H,16,22)(H,17,18). The summed E-state index contributed by atoms with van der Waals surface area (Å²) in [6, 6.07) is 7.19. The number of halogens is 1. The Morgan fingerprint density at radius 1 is 1.44 bits per heavy atom. The Hall–Kier alpha value is -1.78. The van der Waals surface area contributed by atoms with Gasteiger partial charge in [0.25, 0.3) is 7.52 Å². The highest BCUT2D eigenvalue weighted by molar-refractivity contribution is 9.10. The number of nitrogens with one attached hydrogen (secondary N) is 3. The van der Waals surface area contributed by atoms with Crippen LogP contribution in [0, 0.1) is 0 Å². The van der Waals surface area contributed by atoms with Crippen LogP contribution in [0.4, 0.5) is 11.5 Å². The summed E-state index contributed by atoms with van der Waals surface area (Å²) in [5.74, 6) is 0.341. The quantitative estimate of drug-likeness (QED) is 0.163. The lowest BCUT2D eigenvalue weighted by molar-refractivity contribution is 0.234. The molecule has 0 saturated carbocycles. The second kappa shape index (κ2) is 9.07. The van der Waals surface area contributed by atoms with Crippen LogP contribution in [0.1, 0.15) is 5.69 Å². The number of hydrogen-bond acceptors (Lipinski definition) is 8. The van der Waals surface area contributed by atoms with E-state index in [4.69, 9.17) is 9.15 Å². The number of benzene rings is 1. The first-order valence-corrected chi connectivity index (χ1v) is 10.0. The lowest BCUT2D eigenvalue weighted by Crippen LogP contribution is -2.24. The lowest BCUT2D eigenvalue weighted by Gasteiger charge is -2.12. The van der Waals surface area contributed by atoms with Crippen LogP contribution in [0.2, 0.25) is 0 Å². The highest BCUT2D eigenvalue weighted by Gasteiger charge is 2.17. The lowest BCUT2D eigenvalue weighted by atomic mass is 10.3. The molecular formula is C13H18BrN6O4P. The van der Waals surface area contributed by atoms with Crippen LogP contribution in [0.5, 0.6) is 0 Å². The summed E-state index contributed by atoms with van der Waals surface area (Å²) in [5, 5.41) is 22.6. The van der Waals surface area contributed by atoms with Gasteiger partial charge >= 0.3 is 0 Å². The molecule has 1 aromatic heterocycles. The Balaban J connectivity index is 2.07. The fourth-order valence-corrected chi connectivity index (χ4v) is 2.80. The maximum atomic E-state index is 11.7. The van der Waals surface area contributed by atoms with Gasteiger partial charge in [0.2, 0.25) is 5.82 Å². The van der Waals surface area contributed by atoms with E-state index in [0.717, 1.165) is 4.47 Å². The van der Waals surface area contributed by atoms with E-state index in [9.17, 15) is 9.77 Å². The van der Waals surface area contributed by atoms with Crippen molar-refractivity contribution in [1.82, 2.24) is 20.9 Å². The third-order valence-electron chi connectivity index (χ3n) is 3.03. The topological polar surface area (TPSA) is 134 Å². The monoisotopic (exact) mass is 432 g/mol. The number of aromatic nitrogens is 2. The molecule has 0 aliphatic rings. The van der Waals surface area contributed by atoms with Crippen LogP contribution in [-0.2, 0) is 9.09 Å². The van der Waals surface area contributed by atoms with E-state index < -0.39 is 7.52 Å². The first-order chi connectivity index (χ1) is 11.9. The van der Waals surface area contributed by atoms with Gasteiger partial charge < -0.3 is 9.84 Å². The van der Waals surface area contributed by atoms with E-state index in [0.29, 0.717) is 18.8 Å². The smallest absolute Gasteiger partial charge is 0.266 e. The highest BCUT2D eigenvalue weighted by Crippen LogP contribution is 2.35. The van der Waals surface area contributed by atoms with Crippen molar-refractivity contribution in [2.24, 2.45) is 4.99 Å². The van der Waals surface area contributed by atoms with Crippen molar-refractivity contribution in [3.8, 4) is 0 Å². The number of amidine groups is 1. The molecule has 0 aliphatic carbocycles. The summed E-state index contributed by atoms with van der Waals surface area (Å²) >= 11 is 3.35. The van der Waals surface area contributed by atoms with Crippen molar-refractivity contribution >= 4 is 40.8 Å². The van der Waals surface area contributed by atoms with Crippen molar-refractivity contribution in [2.75, 3.05) is 32.2 Å². The molecule has 1 heterocycles. The summed E-state index contributed by atoms with van der Waals surface area (Å²) in [6.45, 7) is 2.21. The Morgan fingerprint density at radius 3 is 2.92 bits per heavy atom. The summed E-state index contributed by atoms with van der Waals surface area (Å²) in [4.78, 5) is 4.26. The normalized spacial score (nSPS) is 14.2. The summed E-state index contributed by atoms with van der Waals surface area (Å²) in [7, 11) is -1.42. The van der Waals surface area contributed by atoms with E-state index in [1.54, 1.807) is 12.1 Å². The largest absolute Gasteiger partial charge is 0.364 e. The van der Waals surface area contributed by atoms with Crippen LogP contribution in [-0.4, -0.2) is 48.2 Å². The van der Waals surface area contributed by atoms with Gasteiger partial charge in [0.1, 0.15) is 0 Å². The molecular weight excluding hydrogens is 415 g/mol. The van der Waals surface area contributed by atoms with Gasteiger partial charge in [0.05, 0.1) is 5.69 Å². The molecule has 1 unspecified atom stereocenters. The Morgan fingerprint density at radius 2 is 2.24 bits per heavy atom. The van der Waals surface area contributed by atoms with Crippen molar-refractivity contribution < 1.29 is 18.9 Å². The molecule has 0 spiro atoms. The van der Waals surface area contributed by atoms with E-state index in [-0.39, 0.29) is 17.3 Å². The average Bonchev–Trinajstić information content (AvgIpc) is 3.05. The molecule has 12 heteroatoms. The van der Waals surface area contributed by atoms with E-state index in [1.165, 1.54) is 13.8 Å². The number of nitrogens with zero attached hydrogens (tertiary/aromatic N) is 3. The van der Waals surface area contributed by atoms with Gasteiger partial charge in [-0.25, -0.2) is 14.7 Å². The zero-order chi connectivity index (χ0) is 18.3. The molecule has 0 fully saturated rings. The number of rotatable bonds is 8. The minimum Gasteiger partial charge on any atom is -0.364 e. The predicted molar refractivity (Wildman–Crippen MR) is 96.6 cm³/mol. The van der Waals surface area contributed by atoms with Gasteiger partial charge in [-0.3, -0.25) is 15.3 Å². The van der Waals surface area contributed by atoms with Crippen LogP contribution in [0.15, 0.2) is 38.4 Å². The third-order valence-corrected chi connectivity index (χ3v) is 5.02. The zero-order valence-corrected chi connectivity index (χ0v) is 16.0. The second-order valence-electron chi connectivity index (χ2n) is 4.88. The molecule has 25 heavy (non-hydrogen) atoms. The van der Waals surface area contributed by atoms with Crippen molar-refractivity contribution in [2.45, 2.75) is 0 Å². The second-order valence-corrected chi connectivity index (χ2v) is 8.17. The fraction of sp³-hybridized carbons (Fsp3) is 0.308. The number of hydrogen-bond donors (Lipinski definition) is 4. The molecule has 0 radical (unpaired) electrons. The molecule has 1 atom stereocenters. The van der Waals surface area contributed by atoms with E-state index >= 15 is 0 Å². The molecule has 1 aromatic carbocycles. The number of aliphatic imine (C=N–C) groups is 1. The average molecular weight is 433 g/mol. The molecule has 0 bridgehead atoms. The van der Waals surface area contributed by atoms with Gasteiger partial charge in [-0.2, -0.15) is 0 Å². The van der Waals surface area contributed by atoms with Gasteiger partial charge in [-0.05, 0) is 28.5 Å². The van der Waals surface area contributed by atoms with Crippen LogP contribution >= 0.6 is 23.4 Å². The maximum Gasteiger partial charge on any atom is 0.266 e. The first-order valence-electron chi connectivity index (χ1n) is 7.14. The number of anilines is 1. The molecule has 136 valence electrons. The highest BCUT2D eigenvalue weighted by atomic mass is 79.9. The Kier molecular flexibility index (Phi) is 7.09. The van der Waals surface area contributed by atoms with E-state index in [2.05, 4.69) is 41.6 Å². The Bertz CT molecular complexity index is 783. The van der Waals surface area contributed by atoms with Crippen molar-refractivity contribution in [3.05, 3.63) is 34.4 Å². The molecule has 0 saturated heterocycles. The summed E-state index contributed by atoms with van der Waals surface area (Å²) in [6.07, 6.45) is 0. The molecule has 2 aromatic rings. The van der Waals surface area contributed by atoms with Crippen LogP contribution in [0.3, 0.4) is 0 Å². The van der Waals surface area contributed by atoms with Gasteiger partial charge in [0.15, 0.2) is 11.5 Å². The minimum atomic E-state index is -2.80. The van der Waals surface area contributed by atoms with Crippen molar-refractivity contribution in [1.29, 1.82) is 0 Å². The molecule has 2 rings (SSSR count). The maximum absolute atomic E-state index is 11.7. The zero-order valence-electron chi connectivity index (χ0n) is 13.6. The molecule has 10 nitrogen and oxygen atoms in total. The van der Waals surface area contributed by atoms with Crippen LogP contribution < -0.4 is 15.9 Å². The van der Waals surface area contributed by atoms with Gasteiger partial charge in [0, 0.05) is 31.3 Å².